The van der Waals surface area contributed by atoms with E-state index in [1.807, 2.05) is 25.9 Å². The molecule has 1 amide bonds. The van der Waals surface area contributed by atoms with Gasteiger partial charge in [-0.3, -0.25) is 4.79 Å². The number of hydrogen-bond donors (Lipinski definition) is 2. The van der Waals surface area contributed by atoms with Crippen molar-refractivity contribution in [3.8, 4) is 0 Å². The number of alkyl halides is 3. The predicted octanol–water partition coefficient (Wildman–Crippen LogP) is 1.97. The molecule has 1 aromatic carbocycles. The van der Waals surface area contributed by atoms with Gasteiger partial charge in [-0.15, -0.1) is 0 Å². The molecule has 20 heavy (non-hydrogen) atoms. The maximum absolute atomic E-state index is 12.6. The molecule has 0 spiro atoms. The highest BCUT2D eigenvalue weighted by Gasteiger charge is 2.31. The molecule has 0 unspecified atom stereocenters. The van der Waals surface area contributed by atoms with Gasteiger partial charge in [0.25, 0.3) is 5.91 Å². The van der Waals surface area contributed by atoms with Gasteiger partial charge in [0.15, 0.2) is 0 Å². The number of rotatable bonds is 4. The molecule has 0 aliphatic carbocycles. The molecule has 0 bridgehead atoms. The van der Waals surface area contributed by atoms with Gasteiger partial charge in [0.1, 0.15) is 0 Å². The molecule has 0 heterocycles. The van der Waals surface area contributed by atoms with Crippen LogP contribution in [0.4, 0.5) is 18.9 Å². The maximum atomic E-state index is 12.6. The second-order valence-electron chi connectivity index (χ2n) is 4.86. The summed E-state index contributed by atoms with van der Waals surface area (Å²) < 4.78 is 37.9. The number of benzene rings is 1. The van der Waals surface area contributed by atoms with Crippen LogP contribution in [0.1, 0.15) is 22.8 Å². The Balaban J connectivity index is 2.86. The number of anilines is 1. The van der Waals surface area contributed by atoms with E-state index in [1.54, 1.807) is 0 Å². The van der Waals surface area contributed by atoms with Gasteiger partial charge in [-0.1, -0.05) is 0 Å². The molecule has 0 aliphatic heterocycles. The molecule has 1 atom stereocenters. The minimum atomic E-state index is -4.53. The van der Waals surface area contributed by atoms with E-state index in [9.17, 15) is 18.0 Å². The number of likely N-dealkylation sites (N-methyl/N-ethyl adjacent to an activating group) is 1. The molecule has 0 radical (unpaired) electrons. The highest BCUT2D eigenvalue weighted by molar-refractivity contribution is 5.95. The van der Waals surface area contributed by atoms with Crippen molar-refractivity contribution in [2.45, 2.75) is 19.1 Å². The summed E-state index contributed by atoms with van der Waals surface area (Å²) in [6.07, 6.45) is -4.53. The van der Waals surface area contributed by atoms with E-state index in [2.05, 4.69) is 5.32 Å². The van der Waals surface area contributed by atoms with E-state index >= 15 is 0 Å². The smallest absolute Gasteiger partial charge is 0.399 e. The molecule has 3 N–H and O–H groups in total. The molecule has 7 heteroatoms. The van der Waals surface area contributed by atoms with Crippen LogP contribution in [-0.4, -0.2) is 37.5 Å². The topological polar surface area (TPSA) is 58.4 Å². The lowest BCUT2D eigenvalue weighted by molar-refractivity contribution is -0.137. The molecule has 1 rings (SSSR count). The fraction of sp³-hybridized carbons (Fsp3) is 0.462. The van der Waals surface area contributed by atoms with E-state index in [0.29, 0.717) is 6.54 Å². The van der Waals surface area contributed by atoms with Crippen molar-refractivity contribution in [3.63, 3.8) is 0 Å². The van der Waals surface area contributed by atoms with Crippen LogP contribution in [0.5, 0.6) is 0 Å². The van der Waals surface area contributed by atoms with Crippen molar-refractivity contribution in [3.05, 3.63) is 29.3 Å². The fourth-order valence-corrected chi connectivity index (χ4v) is 1.47. The SMILES string of the molecule is C[C@@H](CNC(=O)c1cc(N)cc(C(F)(F)F)c1)N(C)C. The molecule has 112 valence electrons. The first-order valence-corrected chi connectivity index (χ1v) is 6.03. The van der Waals surface area contributed by atoms with E-state index in [1.165, 1.54) is 6.07 Å². The van der Waals surface area contributed by atoms with Crippen molar-refractivity contribution in [1.82, 2.24) is 10.2 Å². The van der Waals surface area contributed by atoms with Crippen LogP contribution in [0.2, 0.25) is 0 Å². The first-order chi connectivity index (χ1) is 9.11. The number of hydrogen-bond acceptors (Lipinski definition) is 3. The molecule has 4 nitrogen and oxygen atoms in total. The standard InChI is InChI=1S/C13H18F3N3O/c1-8(19(2)3)7-18-12(20)9-4-10(13(14,15)16)6-11(17)5-9/h4-6,8H,7,17H2,1-3H3,(H,18,20)/t8-/m0/s1. The summed E-state index contributed by atoms with van der Waals surface area (Å²) in [4.78, 5) is 13.7. The van der Waals surface area contributed by atoms with E-state index in [4.69, 9.17) is 5.73 Å². The van der Waals surface area contributed by atoms with Gasteiger partial charge in [0, 0.05) is 23.8 Å². The number of halogens is 3. The second-order valence-corrected chi connectivity index (χ2v) is 4.86. The molecule has 0 saturated heterocycles. The molecule has 0 fully saturated rings. The quantitative estimate of drug-likeness (QED) is 0.833. The van der Waals surface area contributed by atoms with E-state index < -0.39 is 17.6 Å². The molecular weight excluding hydrogens is 271 g/mol. The number of nitrogen functional groups attached to an aromatic ring is 1. The zero-order valence-corrected chi connectivity index (χ0v) is 11.6. The number of nitrogens with two attached hydrogens (primary N) is 1. The van der Waals surface area contributed by atoms with Crippen molar-refractivity contribution in [1.29, 1.82) is 0 Å². The highest BCUT2D eigenvalue weighted by Crippen LogP contribution is 2.31. The Bertz CT molecular complexity index is 486. The number of carbonyl (C=O) groups is 1. The number of nitrogens with one attached hydrogen (secondary N) is 1. The van der Waals surface area contributed by atoms with Crippen molar-refractivity contribution >= 4 is 11.6 Å². The lowest BCUT2D eigenvalue weighted by Crippen LogP contribution is -2.38. The number of nitrogens with zero attached hydrogens (tertiary/aromatic N) is 1. The van der Waals surface area contributed by atoms with E-state index in [0.717, 1.165) is 12.1 Å². The normalized spacial score (nSPS) is 13.3. The van der Waals surface area contributed by atoms with Crippen molar-refractivity contribution in [2.75, 3.05) is 26.4 Å². The van der Waals surface area contributed by atoms with E-state index in [-0.39, 0.29) is 17.3 Å². The molecule has 0 saturated carbocycles. The minimum Gasteiger partial charge on any atom is -0.399 e. The first-order valence-electron chi connectivity index (χ1n) is 6.03. The van der Waals surface area contributed by atoms with Gasteiger partial charge in [0.2, 0.25) is 0 Å². The molecular formula is C13H18F3N3O. The van der Waals surface area contributed by atoms with Crippen LogP contribution >= 0.6 is 0 Å². The summed E-state index contributed by atoms with van der Waals surface area (Å²) in [5.74, 6) is -0.573. The third kappa shape index (κ3) is 4.41. The predicted molar refractivity (Wildman–Crippen MR) is 71.3 cm³/mol. The lowest BCUT2D eigenvalue weighted by atomic mass is 10.1. The summed E-state index contributed by atoms with van der Waals surface area (Å²) in [6.45, 7) is 2.22. The van der Waals surface area contributed by atoms with Gasteiger partial charge in [-0.25, -0.2) is 0 Å². The Labute approximate surface area is 115 Å². The van der Waals surface area contributed by atoms with Gasteiger partial charge in [-0.05, 0) is 39.2 Å². The van der Waals surface area contributed by atoms with Crippen LogP contribution in [0, 0.1) is 0 Å². The average Bonchev–Trinajstić information content (AvgIpc) is 2.33. The zero-order valence-electron chi connectivity index (χ0n) is 11.6. The van der Waals surface area contributed by atoms with Gasteiger partial charge in [0.05, 0.1) is 5.56 Å². The van der Waals surface area contributed by atoms with Gasteiger partial charge >= 0.3 is 6.18 Å². The summed E-state index contributed by atoms with van der Waals surface area (Å²) in [6, 6.07) is 2.90. The third-order valence-corrected chi connectivity index (χ3v) is 2.98. The zero-order chi connectivity index (χ0) is 15.5. The highest BCUT2D eigenvalue weighted by atomic mass is 19.4. The Hall–Kier alpha value is -1.76. The maximum Gasteiger partial charge on any atom is 0.416 e. The van der Waals surface area contributed by atoms with Crippen LogP contribution in [-0.2, 0) is 6.18 Å². The van der Waals surface area contributed by atoms with Gasteiger partial charge < -0.3 is 16.0 Å². The summed E-state index contributed by atoms with van der Waals surface area (Å²) in [5.41, 5.74) is 4.30. The fourth-order valence-electron chi connectivity index (χ4n) is 1.47. The summed E-state index contributed by atoms with van der Waals surface area (Å²) in [7, 11) is 3.69. The number of carbonyl (C=O) groups excluding carboxylic acids is 1. The minimum absolute atomic E-state index is 0.0714. The van der Waals surface area contributed by atoms with Crippen molar-refractivity contribution < 1.29 is 18.0 Å². The molecule has 0 aliphatic rings. The Kier molecular flexibility index (Phi) is 4.99. The Morgan fingerprint density at radius 1 is 1.35 bits per heavy atom. The molecule has 1 aromatic rings. The summed E-state index contributed by atoms with van der Waals surface area (Å²) in [5, 5.41) is 2.58. The average molecular weight is 289 g/mol. The largest absolute Gasteiger partial charge is 0.416 e. The third-order valence-electron chi connectivity index (χ3n) is 2.98. The monoisotopic (exact) mass is 289 g/mol. The van der Waals surface area contributed by atoms with Crippen LogP contribution in [0.15, 0.2) is 18.2 Å². The van der Waals surface area contributed by atoms with Crippen LogP contribution < -0.4 is 11.1 Å². The van der Waals surface area contributed by atoms with Crippen LogP contribution in [0.3, 0.4) is 0 Å². The Morgan fingerprint density at radius 2 is 1.95 bits per heavy atom. The second kappa shape index (κ2) is 6.13. The van der Waals surface area contributed by atoms with Crippen molar-refractivity contribution in [2.24, 2.45) is 0 Å². The first kappa shape index (κ1) is 16.3. The number of amides is 1. The van der Waals surface area contributed by atoms with Gasteiger partial charge in [-0.2, -0.15) is 13.2 Å². The Morgan fingerprint density at radius 3 is 2.45 bits per heavy atom. The molecule has 0 aromatic heterocycles. The lowest BCUT2D eigenvalue weighted by Gasteiger charge is -2.20. The summed E-state index contributed by atoms with van der Waals surface area (Å²) >= 11 is 0. The van der Waals surface area contributed by atoms with Crippen LogP contribution in [0.25, 0.3) is 0 Å².